The highest BCUT2D eigenvalue weighted by atomic mass is 35.5. The number of carbonyl (C=O) groups is 2. The van der Waals surface area contributed by atoms with Crippen LogP contribution in [0.3, 0.4) is 0 Å². The first kappa shape index (κ1) is 46.6. The molecule has 0 atom stereocenters. The molecule has 5 heterocycles. The number of nitrogens with one attached hydrogen (secondary N) is 2. The SMILES string of the molecule is C1CCOC1.Cc1ccc(N2CCN(C(=O)Nc3ccc(O)cn3)CC2)cc1.Cc1ccc(N2CCN(C(=O)Nc3ccc(O[Si](C)(C)C(C)(C)C)cn3)CC2)cc1.Cl. The fraction of sp³-hybridized carbons (Fsp3) is 0.455. The minimum absolute atomic E-state index is 0. The minimum atomic E-state index is -1.90. The van der Waals surface area contributed by atoms with Crippen molar-refractivity contribution in [2.45, 2.75) is 65.6 Å². The number of aromatic hydroxyl groups is 1. The van der Waals surface area contributed by atoms with E-state index < -0.39 is 8.32 Å². The van der Waals surface area contributed by atoms with Gasteiger partial charge < -0.3 is 33.9 Å². The summed E-state index contributed by atoms with van der Waals surface area (Å²) in [6.07, 6.45) is 5.57. The number of benzene rings is 2. The summed E-state index contributed by atoms with van der Waals surface area (Å²) >= 11 is 0. The zero-order chi connectivity index (χ0) is 41.7. The summed E-state index contributed by atoms with van der Waals surface area (Å²) in [6, 6.07) is 23.5. The van der Waals surface area contributed by atoms with Gasteiger partial charge in [-0.2, -0.15) is 0 Å². The predicted molar refractivity (Wildman–Crippen MR) is 243 cm³/mol. The molecule has 7 rings (SSSR count). The molecule has 0 spiro atoms. The van der Waals surface area contributed by atoms with Crippen molar-refractivity contribution in [2.24, 2.45) is 0 Å². The average Bonchev–Trinajstić information content (AvgIpc) is 3.81. The molecule has 4 amide bonds. The number of hydrogen-bond donors (Lipinski definition) is 3. The van der Waals surface area contributed by atoms with Gasteiger partial charge in [0.05, 0.1) is 12.4 Å². The quantitative estimate of drug-likeness (QED) is 0.163. The number of aromatic nitrogens is 2. The minimum Gasteiger partial charge on any atom is -0.542 e. The summed E-state index contributed by atoms with van der Waals surface area (Å²) in [5, 5.41) is 15.0. The Labute approximate surface area is 357 Å². The van der Waals surface area contributed by atoms with E-state index in [2.05, 4.69) is 127 Å². The lowest BCUT2D eigenvalue weighted by Gasteiger charge is -2.36. The Morgan fingerprint density at radius 1 is 0.661 bits per heavy atom. The van der Waals surface area contributed by atoms with Gasteiger partial charge in [-0.25, -0.2) is 19.6 Å². The molecule has 3 N–H and O–H groups in total. The Kier molecular flexibility index (Phi) is 17.2. The first-order chi connectivity index (χ1) is 27.7. The number of rotatable bonds is 6. The highest BCUT2D eigenvalue weighted by Crippen LogP contribution is 2.37. The summed E-state index contributed by atoms with van der Waals surface area (Å²) < 4.78 is 11.2. The number of nitrogens with zero attached hydrogens (tertiary/aromatic N) is 6. The van der Waals surface area contributed by atoms with E-state index in [0.717, 1.165) is 45.1 Å². The second kappa shape index (κ2) is 21.8. The van der Waals surface area contributed by atoms with Gasteiger partial charge in [0.2, 0.25) is 0 Å². The van der Waals surface area contributed by atoms with Crippen molar-refractivity contribution >= 4 is 55.8 Å². The molecule has 3 fully saturated rings. The molecule has 59 heavy (non-hydrogen) atoms. The molecular weight excluding hydrogens is 784 g/mol. The van der Waals surface area contributed by atoms with Crippen LogP contribution in [0.1, 0.15) is 44.7 Å². The molecule has 4 aromatic rings. The summed E-state index contributed by atoms with van der Waals surface area (Å²) in [7, 11) is -1.90. The Morgan fingerprint density at radius 2 is 1.08 bits per heavy atom. The van der Waals surface area contributed by atoms with Crippen LogP contribution in [-0.2, 0) is 4.74 Å². The second-order valence-electron chi connectivity index (χ2n) is 16.4. The van der Waals surface area contributed by atoms with Crippen LogP contribution in [-0.4, -0.2) is 111 Å². The smallest absolute Gasteiger partial charge is 0.323 e. The van der Waals surface area contributed by atoms with Gasteiger partial charge in [0.25, 0.3) is 8.32 Å². The van der Waals surface area contributed by atoms with E-state index in [1.54, 1.807) is 17.2 Å². The summed E-state index contributed by atoms with van der Waals surface area (Å²) in [6.45, 7) is 23.2. The van der Waals surface area contributed by atoms with Gasteiger partial charge in [0, 0.05) is 76.9 Å². The first-order valence-corrected chi connectivity index (χ1v) is 23.2. The zero-order valence-corrected chi connectivity index (χ0v) is 37.6. The summed E-state index contributed by atoms with van der Waals surface area (Å²) in [5.41, 5.74) is 4.90. The van der Waals surface area contributed by atoms with Crippen LogP contribution in [0.2, 0.25) is 18.1 Å². The lowest BCUT2D eigenvalue weighted by molar-refractivity contribution is 0.198. The average molecular weight is 848 g/mol. The molecule has 320 valence electrons. The van der Waals surface area contributed by atoms with Crippen LogP contribution >= 0.6 is 12.4 Å². The second-order valence-corrected chi connectivity index (χ2v) is 21.2. The first-order valence-electron chi connectivity index (χ1n) is 20.3. The number of pyridine rings is 2. The van der Waals surface area contributed by atoms with Gasteiger partial charge in [-0.05, 0) is 93.4 Å². The van der Waals surface area contributed by atoms with Gasteiger partial charge in [-0.15, -0.1) is 12.4 Å². The van der Waals surface area contributed by atoms with Crippen LogP contribution in [0.5, 0.6) is 11.5 Å². The molecule has 2 aromatic heterocycles. The van der Waals surface area contributed by atoms with Crippen molar-refractivity contribution in [3.8, 4) is 11.5 Å². The van der Waals surface area contributed by atoms with Crippen molar-refractivity contribution in [3.63, 3.8) is 0 Å². The fourth-order valence-electron chi connectivity index (χ4n) is 6.16. The van der Waals surface area contributed by atoms with E-state index in [0.29, 0.717) is 37.8 Å². The third-order valence-electron chi connectivity index (χ3n) is 10.9. The highest BCUT2D eigenvalue weighted by Gasteiger charge is 2.39. The third-order valence-corrected chi connectivity index (χ3v) is 15.3. The lowest BCUT2D eigenvalue weighted by atomic mass is 10.2. The molecule has 0 bridgehead atoms. The van der Waals surface area contributed by atoms with Gasteiger partial charge in [-0.3, -0.25) is 10.6 Å². The van der Waals surface area contributed by atoms with E-state index in [9.17, 15) is 14.7 Å². The number of halogens is 1. The van der Waals surface area contributed by atoms with Crippen LogP contribution < -0.4 is 24.9 Å². The number of carbonyl (C=O) groups excluding carboxylic acids is 2. The molecule has 0 aliphatic carbocycles. The molecule has 2 aromatic carbocycles. The number of piperazine rings is 2. The van der Waals surface area contributed by atoms with E-state index in [1.807, 2.05) is 17.0 Å². The third kappa shape index (κ3) is 14.3. The Hall–Kier alpha value is -5.05. The molecule has 13 nitrogen and oxygen atoms in total. The number of ether oxygens (including phenoxy) is 1. The Bertz CT molecular complexity index is 1870. The number of aryl methyl sites for hydroxylation is 2. The standard InChI is InChI=1S/C23H34N4O2Si.C17H20N4O2.C4H8O.ClH/c1-18-7-9-19(10-8-18)26-13-15-27(16-14-26)22(28)25-21-12-11-20(17-24-21)29-30(5,6)23(2,3)4;1-13-2-4-14(5-3-13)20-8-10-21(11-9-20)17(23)19-16-7-6-15(22)12-18-16;1-2-4-5-3-1;/h7-12,17H,13-16H2,1-6H3,(H,24,25,28);2-7,12,22H,8-11H2,1H3,(H,18,19,23);1-4H2;1H. The molecule has 3 aliphatic heterocycles. The monoisotopic (exact) mass is 846 g/mol. The van der Waals surface area contributed by atoms with Crippen LogP contribution in [0, 0.1) is 13.8 Å². The molecule has 0 unspecified atom stereocenters. The maximum atomic E-state index is 12.6. The molecule has 0 saturated carbocycles. The van der Waals surface area contributed by atoms with E-state index in [4.69, 9.17) is 9.16 Å². The normalized spacial score (nSPS) is 15.4. The van der Waals surface area contributed by atoms with Crippen LogP contribution in [0.25, 0.3) is 0 Å². The Balaban J connectivity index is 0.000000234. The number of amides is 4. The molecule has 0 radical (unpaired) electrons. The molecule has 15 heteroatoms. The van der Waals surface area contributed by atoms with Crippen molar-refractivity contribution in [1.29, 1.82) is 0 Å². The van der Waals surface area contributed by atoms with Crippen LogP contribution in [0.4, 0.5) is 32.6 Å². The Morgan fingerprint density at radius 3 is 1.42 bits per heavy atom. The number of hydrogen-bond acceptors (Lipinski definition) is 9. The highest BCUT2D eigenvalue weighted by molar-refractivity contribution is 6.74. The fourth-order valence-corrected chi connectivity index (χ4v) is 7.17. The van der Waals surface area contributed by atoms with E-state index in [-0.39, 0.29) is 35.3 Å². The zero-order valence-electron chi connectivity index (χ0n) is 35.7. The van der Waals surface area contributed by atoms with Crippen molar-refractivity contribution in [2.75, 3.05) is 86.0 Å². The molecular formula is C44H63ClN8O5Si. The van der Waals surface area contributed by atoms with Crippen molar-refractivity contribution in [1.82, 2.24) is 19.8 Å². The molecule has 3 saturated heterocycles. The summed E-state index contributed by atoms with van der Waals surface area (Å²) in [4.78, 5) is 41.4. The lowest BCUT2D eigenvalue weighted by Crippen LogP contribution is -2.50. The van der Waals surface area contributed by atoms with Crippen LogP contribution in [0.15, 0.2) is 85.2 Å². The van der Waals surface area contributed by atoms with Gasteiger partial charge in [0.1, 0.15) is 23.1 Å². The van der Waals surface area contributed by atoms with Crippen molar-refractivity contribution < 1.29 is 23.9 Å². The summed E-state index contributed by atoms with van der Waals surface area (Å²) in [5.74, 6) is 1.82. The van der Waals surface area contributed by atoms with Gasteiger partial charge in [0.15, 0.2) is 0 Å². The molecule has 3 aliphatic rings. The van der Waals surface area contributed by atoms with Gasteiger partial charge in [-0.1, -0.05) is 56.2 Å². The predicted octanol–water partition coefficient (Wildman–Crippen LogP) is 8.80. The number of urea groups is 2. The topological polar surface area (TPSA) is 136 Å². The maximum Gasteiger partial charge on any atom is 0.323 e. The van der Waals surface area contributed by atoms with E-state index in [1.165, 1.54) is 47.6 Å². The van der Waals surface area contributed by atoms with Gasteiger partial charge >= 0.3 is 12.1 Å². The van der Waals surface area contributed by atoms with Crippen molar-refractivity contribution in [3.05, 3.63) is 96.3 Å². The maximum absolute atomic E-state index is 12.6. The number of anilines is 4. The largest absolute Gasteiger partial charge is 0.542 e. The van der Waals surface area contributed by atoms with E-state index >= 15 is 0 Å².